The van der Waals surface area contributed by atoms with Crippen LogP contribution in [0.15, 0.2) is 0 Å². The van der Waals surface area contributed by atoms with Crippen molar-refractivity contribution in [2.45, 2.75) is 111 Å². The molecule has 4 unspecified atom stereocenters. The molecule has 2 nitrogen and oxygen atoms in total. The number of hydrogen-bond acceptors (Lipinski definition) is 2. The molecule has 126 valence electrons. The highest BCUT2D eigenvalue weighted by molar-refractivity contribution is 4.88. The van der Waals surface area contributed by atoms with Crippen LogP contribution in [0.5, 0.6) is 0 Å². The molecule has 21 heavy (non-hydrogen) atoms. The Balaban J connectivity index is 2.41. The Hall–Kier alpha value is -0.0800. The molecule has 1 saturated carbocycles. The predicted molar refractivity (Wildman–Crippen MR) is 90.5 cm³/mol. The van der Waals surface area contributed by atoms with Gasteiger partial charge in [0.2, 0.25) is 0 Å². The van der Waals surface area contributed by atoms with Gasteiger partial charge in [0, 0.05) is 0 Å². The van der Waals surface area contributed by atoms with Gasteiger partial charge in [-0.15, -0.1) is 0 Å². The maximum Gasteiger partial charge on any atom is 0.0840 e. The first-order chi connectivity index (χ1) is 9.90. The fourth-order valence-electron chi connectivity index (χ4n) is 3.48. The van der Waals surface area contributed by atoms with Crippen LogP contribution in [0.4, 0.5) is 0 Å². The van der Waals surface area contributed by atoms with Crippen LogP contribution in [0.3, 0.4) is 0 Å². The van der Waals surface area contributed by atoms with Crippen molar-refractivity contribution in [3.8, 4) is 0 Å². The van der Waals surface area contributed by atoms with Crippen LogP contribution in [0.25, 0.3) is 0 Å². The lowest BCUT2D eigenvalue weighted by Gasteiger charge is -2.42. The normalized spacial score (nSPS) is 28.6. The topological polar surface area (TPSA) is 29.5 Å². The Bertz CT molecular complexity index is 275. The molecule has 0 amide bonds. The summed E-state index contributed by atoms with van der Waals surface area (Å²) < 4.78 is 6.20. The number of ether oxygens (including phenoxy) is 1. The fourth-order valence-corrected chi connectivity index (χ4v) is 3.48. The van der Waals surface area contributed by atoms with E-state index >= 15 is 0 Å². The summed E-state index contributed by atoms with van der Waals surface area (Å²) in [6.45, 7) is 11.4. The molecule has 1 rings (SSSR count). The lowest BCUT2D eigenvalue weighted by atomic mass is 9.68. The Morgan fingerprint density at radius 1 is 1.14 bits per heavy atom. The third kappa shape index (κ3) is 6.28. The zero-order chi connectivity index (χ0) is 15.9. The van der Waals surface area contributed by atoms with E-state index in [-0.39, 0.29) is 18.3 Å². The summed E-state index contributed by atoms with van der Waals surface area (Å²) in [5.41, 5.74) is 0.367. The molecular weight excluding hydrogens is 260 g/mol. The Morgan fingerprint density at radius 2 is 1.86 bits per heavy atom. The van der Waals surface area contributed by atoms with Crippen LogP contribution < -0.4 is 0 Å². The quantitative estimate of drug-likeness (QED) is 0.583. The van der Waals surface area contributed by atoms with Gasteiger partial charge >= 0.3 is 0 Å². The monoisotopic (exact) mass is 298 g/mol. The van der Waals surface area contributed by atoms with Crippen LogP contribution in [-0.2, 0) is 4.74 Å². The summed E-state index contributed by atoms with van der Waals surface area (Å²) in [4.78, 5) is 0. The van der Waals surface area contributed by atoms with E-state index in [1.165, 1.54) is 32.1 Å². The van der Waals surface area contributed by atoms with Gasteiger partial charge in [0.1, 0.15) is 0 Å². The van der Waals surface area contributed by atoms with Gasteiger partial charge in [-0.25, -0.2) is 0 Å². The minimum atomic E-state index is -0.257. The van der Waals surface area contributed by atoms with Crippen molar-refractivity contribution in [2.75, 3.05) is 0 Å². The number of hydrogen-bond donors (Lipinski definition) is 1. The molecule has 1 aliphatic rings. The minimum Gasteiger partial charge on any atom is -0.390 e. The fraction of sp³-hybridized carbons (Fsp3) is 1.00. The van der Waals surface area contributed by atoms with Crippen LogP contribution in [0, 0.1) is 11.3 Å². The molecule has 0 radical (unpaired) electrons. The van der Waals surface area contributed by atoms with Gasteiger partial charge in [0.25, 0.3) is 0 Å². The molecular formula is C19H38O2. The standard InChI is InChI=1S/C19H38O2/c1-6-8-9-10-11-15(3)21-18-14-16(12-13-17(18)20)19(4,5)7-2/h15-18,20H,6-14H2,1-5H3. The van der Waals surface area contributed by atoms with E-state index in [4.69, 9.17) is 4.74 Å². The minimum absolute atomic E-state index is 0.0516. The van der Waals surface area contributed by atoms with E-state index in [2.05, 4.69) is 34.6 Å². The molecule has 1 fully saturated rings. The van der Waals surface area contributed by atoms with Crippen molar-refractivity contribution in [1.29, 1.82) is 0 Å². The third-order valence-electron chi connectivity index (χ3n) is 5.64. The largest absolute Gasteiger partial charge is 0.390 e. The molecule has 0 heterocycles. The highest BCUT2D eigenvalue weighted by Gasteiger charge is 2.37. The molecule has 1 N–H and O–H groups in total. The molecule has 0 spiro atoms. The molecule has 0 aromatic heterocycles. The van der Waals surface area contributed by atoms with E-state index in [0.29, 0.717) is 11.3 Å². The summed E-state index contributed by atoms with van der Waals surface area (Å²) >= 11 is 0. The highest BCUT2D eigenvalue weighted by atomic mass is 16.5. The van der Waals surface area contributed by atoms with Crippen LogP contribution in [0.1, 0.15) is 92.4 Å². The lowest BCUT2D eigenvalue weighted by molar-refractivity contribution is -0.112. The van der Waals surface area contributed by atoms with Gasteiger partial charge in [0.05, 0.1) is 18.3 Å². The van der Waals surface area contributed by atoms with Crippen molar-refractivity contribution in [1.82, 2.24) is 0 Å². The maximum absolute atomic E-state index is 10.3. The summed E-state index contributed by atoms with van der Waals surface area (Å²) in [5, 5.41) is 10.3. The Kier molecular flexibility index (Phi) is 8.26. The van der Waals surface area contributed by atoms with Crippen molar-refractivity contribution < 1.29 is 9.84 Å². The molecule has 0 aliphatic heterocycles. The van der Waals surface area contributed by atoms with Gasteiger partial charge < -0.3 is 9.84 Å². The first-order valence-electron chi connectivity index (χ1n) is 9.24. The van der Waals surface area contributed by atoms with Gasteiger partial charge in [-0.3, -0.25) is 0 Å². The first-order valence-corrected chi connectivity index (χ1v) is 9.24. The van der Waals surface area contributed by atoms with Gasteiger partial charge in [-0.1, -0.05) is 59.8 Å². The number of aliphatic hydroxyl groups is 1. The van der Waals surface area contributed by atoms with Gasteiger partial charge in [-0.05, 0) is 43.9 Å². The van der Waals surface area contributed by atoms with Crippen LogP contribution >= 0.6 is 0 Å². The molecule has 0 aromatic carbocycles. The summed E-state index contributed by atoms with van der Waals surface area (Å²) in [5.74, 6) is 0.684. The maximum atomic E-state index is 10.3. The van der Waals surface area contributed by atoms with Crippen LogP contribution in [0.2, 0.25) is 0 Å². The van der Waals surface area contributed by atoms with Crippen molar-refractivity contribution >= 4 is 0 Å². The Labute approximate surface area is 132 Å². The Morgan fingerprint density at radius 3 is 2.48 bits per heavy atom. The first kappa shape index (κ1) is 19.0. The summed E-state index contributed by atoms with van der Waals surface area (Å²) in [6, 6.07) is 0. The zero-order valence-corrected chi connectivity index (χ0v) is 15.0. The van der Waals surface area contributed by atoms with E-state index in [1.807, 2.05) is 0 Å². The van der Waals surface area contributed by atoms with Gasteiger partial charge in [-0.2, -0.15) is 0 Å². The number of rotatable bonds is 9. The average molecular weight is 299 g/mol. The molecule has 0 saturated heterocycles. The highest BCUT2D eigenvalue weighted by Crippen LogP contribution is 2.41. The SMILES string of the molecule is CCCCCCC(C)OC1CC(C(C)(C)CC)CCC1O. The third-order valence-corrected chi connectivity index (χ3v) is 5.64. The number of aliphatic hydroxyl groups excluding tert-OH is 1. The molecule has 0 aromatic rings. The molecule has 2 heteroatoms. The smallest absolute Gasteiger partial charge is 0.0840 e. The van der Waals surface area contributed by atoms with E-state index in [9.17, 15) is 5.11 Å². The molecule has 4 atom stereocenters. The molecule has 1 aliphatic carbocycles. The van der Waals surface area contributed by atoms with E-state index in [0.717, 1.165) is 25.7 Å². The van der Waals surface area contributed by atoms with Crippen molar-refractivity contribution in [3.05, 3.63) is 0 Å². The lowest BCUT2D eigenvalue weighted by Crippen LogP contribution is -2.41. The van der Waals surface area contributed by atoms with Gasteiger partial charge in [0.15, 0.2) is 0 Å². The molecule has 0 bridgehead atoms. The zero-order valence-electron chi connectivity index (χ0n) is 15.0. The summed E-state index contributed by atoms with van der Waals surface area (Å²) in [7, 11) is 0. The second kappa shape index (κ2) is 9.15. The second-order valence-electron chi connectivity index (χ2n) is 7.75. The van der Waals surface area contributed by atoms with E-state index in [1.54, 1.807) is 0 Å². The number of unbranched alkanes of at least 4 members (excludes halogenated alkanes) is 3. The van der Waals surface area contributed by atoms with Crippen molar-refractivity contribution in [2.24, 2.45) is 11.3 Å². The summed E-state index contributed by atoms with van der Waals surface area (Å²) in [6.07, 6.45) is 10.7. The second-order valence-corrected chi connectivity index (χ2v) is 7.75. The average Bonchev–Trinajstić information content (AvgIpc) is 2.46. The van der Waals surface area contributed by atoms with E-state index < -0.39 is 0 Å². The van der Waals surface area contributed by atoms with Crippen LogP contribution in [-0.4, -0.2) is 23.4 Å². The van der Waals surface area contributed by atoms with Crippen molar-refractivity contribution in [3.63, 3.8) is 0 Å². The predicted octanol–water partition coefficient (Wildman–Crippen LogP) is 5.33.